The van der Waals surface area contributed by atoms with Gasteiger partial charge in [-0.1, -0.05) is 24.3 Å². The average Bonchev–Trinajstić information content (AvgIpc) is 3.16. The zero-order valence-corrected chi connectivity index (χ0v) is 13.0. The smallest absolute Gasteiger partial charge is 0.151 e. The minimum atomic E-state index is 0.374. The Kier molecular flexibility index (Phi) is 3.63. The maximum Gasteiger partial charge on any atom is 0.151 e. The number of amidine groups is 1. The molecule has 0 atom stereocenters. The highest BCUT2D eigenvalue weighted by molar-refractivity contribution is 6.00. The van der Waals surface area contributed by atoms with Crippen molar-refractivity contribution in [3.05, 3.63) is 60.3 Å². The van der Waals surface area contributed by atoms with Crippen LogP contribution < -0.4 is 11.1 Å². The van der Waals surface area contributed by atoms with Crippen LogP contribution in [0.25, 0.3) is 10.8 Å². The van der Waals surface area contributed by atoms with E-state index in [1.54, 1.807) is 6.20 Å². The summed E-state index contributed by atoms with van der Waals surface area (Å²) in [5.41, 5.74) is 8.37. The van der Waals surface area contributed by atoms with Crippen molar-refractivity contribution in [2.45, 2.75) is 0 Å². The Morgan fingerprint density at radius 3 is 2.62 bits per heavy atom. The van der Waals surface area contributed by atoms with E-state index in [9.17, 15) is 0 Å². The summed E-state index contributed by atoms with van der Waals surface area (Å²) in [5, 5.41) is 13.8. The Morgan fingerprint density at radius 1 is 1.00 bits per heavy atom. The number of fused-ring (bicyclic) bond motifs is 1. The van der Waals surface area contributed by atoms with Gasteiger partial charge in [0.15, 0.2) is 5.82 Å². The number of nitrogens with one attached hydrogen (secondary N) is 1. The molecule has 6 heteroatoms. The molecule has 24 heavy (non-hydrogen) atoms. The Morgan fingerprint density at radius 2 is 1.83 bits per heavy atom. The minimum absolute atomic E-state index is 0.374. The number of hydrogen-bond donors (Lipinski definition) is 2. The Bertz CT molecular complexity index is 943. The summed E-state index contributed by atoms with van der Waals surface area (Å²) in [6.07, 6.45) is 1.74. The number of aliphatic imine (C=N–C) groups is 1. The van der Waals surface area contributed by atoms with Gasteiger partial charge in [0, 0.05) is 29.1 Å². The van der Waals surface area contributed by atoms with Crippen LogP contribution in [0.1, 0.15) is 5.56 Å². The molecule has 3 N–H and O–H groups in total. The molecule has 6 nitrogen and oxygen atoms in total. The van der Waals surface area contributed by atoms with E-state index in [2.05, 4.69) is 25.5 Å². The third-order valence-electron chi connectivity index (χ3n) is 3.88. The van der Waals surface area contributed by atoms with E-state index in [4.69, 9.17) is 5.73 Å². The first kappa shape index (κ1) is 14.3. The number of rotatable bonds is 3. The zero-order chi connectivity index (χ0) is 16.4. The van der Waals surface area contributed by atoms with Crippen molar-refractivity contribution in [1.29, 1.82) is 0 Å². The van der Waals surface area contributed by atoms with Gasteiger partial charge in [-0.15, -0.1) is 5.11 Å². The van der Waals surface area contributed by atoms with E-state index in [0.717, 1.165) is 40.9 Å². The molecule has 1 aliphatic heterocycles. The molecule has 4 rings (SSSR count). The van der Waals surface area contributed by atoms with E-state index in [1.807, 2.05) is 48.5 Å². The van der Waals surface area contributed by atoms with Gasteiger partial charge < -0.3 is 11.1 Å². The lowest BCUT2D eigenvalue weighted by Gasteiger charge is -2.04. The van der Waals surface area contributed by atoms with Gasteiger partial charge in [0.05, 0.1) is 12.2 Å². The minimum Gasteiger partial charge on any atom is -0.382 e. The van der Waals surface area contributed by atoms with E-state index in [1.165, 1.54) is 0 Å². The van der Waals surface area contributed by atoms with Crippen LogP contribution in [0.2, 0.25) is 0 Å². The number of anilines is 1. The summed E-state index contributed by atoms with van der Waals surface area (Å²) in [6, 6.07) is 15.6. The first-order chi connectivity index (χ1) is 11.8. The van der Waals surface area contributed by atoms with E-state index in [0.29, 0.717) is 11.5 Å². The molecule has 0 aliphatic carbocycles. The second-order valence-corrected chi connectivity index (χ2v) is 5.48. The second-order valence-electron chi connectivity index (χ2n) is 5.48. The molecule has 1 aliphatic rings. The normalized spacial score (nSPS) is 14.1. The standard InChI is InChI=1S/C18H16N6/c19-17-16(15-4-2-1-3-13(15)11-22-17)24-23-14-7-5-12(6-8-14)18-20-9-10-21-18/h1-8,11H,9-10H2,(H2,19,22)(H,20,21)/b24-23+. The molecule has 0 spiro atoms. The van der Waals surface area contributed by atoms with Crippen LogP contribution in [0.3, 0.4) is 0 Å². The van der Waals surface area contributed by atoms with E-state index < -0.39 is 0 Å². The van der Waals surface area contributed by atoms with Crippen LogP contribution in [-0.2, 0) is 0 Å². The van der Waals surface area contributed by atoms with Gasteiger partial charge in [0.2, 0.25) is 0 Å². The lowest BCUT2D eigenvalue weighted by atomic mass is 10.1. The number of nitrogen functional groups attached to an aromatic ring is 1. The van der Waals surface area contributed by atoms with Crippen molar-refractivity contribution in [3.8, 4) is 0 Å². The highest BCUT2D eigenvalue weighted by Crippen LogP contribution is 2.31. The van der Waals surface area contributed by atoms with Gasteiger partial charge in [-0.3, -0.25) is 4.99 Å². The highest BCUT2D eigenvalue weighted by atomic mass is 15.1. The SMILES string of the molecule is Nc1ncc2ccccc2c1/N=N/c1ccc(C2=NCCN2)cc1. The second kappa shape index (κ2) is 6.08. The summed E-state index contributed by atoms with van der Waals surface area (Å²) in [7, 11) is 0. The molecule has 0 saturated heterocycles. The molecule has 1 aromatic heterocycles. The predicted molar refractivity (Wildman–Crippen MR) is 96.2 cm³/mol. The summed E-state index contributed by atoms with van der Waals surface area (Å²) in [5.74, 6) is 1.31. The first-order valence-corrected chi connectivity index (χ1v) is 7.75. The fraction of sp³-hybridized carbons (Fsp3) is 0.111. The number of nitrogens with two attached hydrogens (primary N) is 1. The van der Waals surface area contributed by atoms with Crippen LogP contribution in [0.4, 0.5) is 17.2 Å². The molecule has 118 valence electrons. The fourth-order valence-electron chi connectivity index (χ4n) is 2.65. The fourth-order valence-corrected chi connectivity index (χ4v) is 2.65. The molecule has 0 radical (unpaired) electrons. The molecule has 0 amide bonds. The van der Waals surface area contributed by atoms with Crippen molar-refractivity contribution in [2.75, 3.05) is 18.8 Å². The van der Waals surface area contributed by atoms with Crippen LogP contribution in [0.5, 0.6) is 0 Å². The Hall–Kier alpha value is -3.28. The largest absolute Gasteiger partial charge is 0.382 e. The quantitative estimate of drug-likeness (QED) is 0.724. The summed E-state index contributed by atoms with van der Waals surface area (Å²) in [6.45, 7) is 1.72. The zero-order valence-electron chi connectivity index (χ0n) is 13.0. The predicted octanol–water partition coefficient (Wildman–Crippen LogP) is 3.58. The maximum absolute atomic E-state index is 5.97. The van der Waals surface area contributed by atoms with E-state index in [-0.39, 0.29) is 0 Å². The molecular formula is C18H16N6. The van der Waals surface area contributed by atoms with Gasteiger partial charge >= 0.3 is 0 Å². The molecule has 0 fully saturated rings. The molecule has 0 bridgehead atoms. The van der Waals surface area contributed by atoms with Crippen LogP contribution in [-0.4, -0.2) is 23.9 Å². The van der Waals surface area contributed by atoms with Gasteiger partial charge in [-0.2, -0.15) is 5.11 Å². The van der Waals surface area contributed by atoms with Crippen molar-refractivity contribution in [2.24, 2.45) is 15.2 Å². The van der Waals surface area contributed by atoms with Crippen molar-refractivity contribution >= 4 is 33.8 Å². The van der Waals surface area contributed by atoms with Crippen molar-refractivity contribution < 1.29 is 0 Å². The van der Waals surface area contributed by atoms with Crippen LogP contribution in [0.15, 0.2) is 69.9 Å². The lowest BCUT2D eigenvalue weighted by molar-refractivity contribution is 0.960. The first-order valence-electron chi connectivity index (χ1n) is 7.75. The molecule has 2 heterocycles. The van der Waals surface area contributed by atoms with Gasteiger partial charge in [-0.05, 0) is 24.3 Å². The molecule has 3 aromatic rings. The highest BCUT2D eigenvalue weighted by Gasteiger charge is 2.08. The van der Waals surface area contributed by atoms with E-state index >= 15 is 0 Å². The number of benzene rings is 2. The molecule has 0 saturated carbocycles. The lowest BCUT2D eigenvalue weighted by Crippen LogP contribution is -2.19. The molecular weight excluding hydrogens is 300 g/mol. The summed E-state index contributed by atoms with van der Waals surface area (Å²) >= 11 is 0. The topological polar surface area (TPSA) is 88.0 Å². The number of nitrogens with zero attached hydrogens (tertiary/aromatic N) is 4. The molecule has 2 aromatic carbocycles. The maximum atomic E-state index is 5.97. The Balaban J connectivity index is 1.64. The Labute approximate surface area is 139 Å². The number of aromatic nitrogens is 1. The van der Waals surface area contributed by atoms with Crippen LogP contribution in [0, 0.1) is 0 Å². The number of azo groups is 1. The number of pyridine rings is 1. The van der Waals surface area contributed by atoms with Crippen molar-refractivity contribution in [3.63, 3.8) is 0 Å². The summed E-state index contributed by atoms with van der Waals surface area (Å²) in [4.78, 5) is 8.59. The van der Waals surface area contributed by atoms with Crippen LogP contribution >= 0.6 is 0 Å². The molecule has 0 unspecified atom stereocenters. The summed E-state index contributed by atoms with van der Waals surface area (Å²) < 4.78 is 0. The van der Waals surface area contributed by atoms with Crippen molar-refractivity contribution in [1.82, 2.24) is 10.3 Å². The van der Waals surface area contributed by atoms with Gasteiger partial charge in [0.25, 0.3) is 0 Å². The third-order valence-corrected chi connectivity index (χ3v) is 3.88. The number of hydrogen-bond acceptors (Lipinski definition) is 6. The third kappa shape index (κ3) is 2.69. The van der Waals surface area contributed by atoms with Gasteiger partial charge in [-0.25, -0.2) is 4.98 Å². The monoisotopic (exact) mass is 316 g/mol. The average molecular weight is 316 g/mol. The van der Waals surface area contributed by atoms with Gasteiger partial charge in [0.1, 0.15) is 11.5 Å².